The molecule has 1 amide bonds. The number of nitrogens with two attached hydrogens (primary N) is 1. The molecule has 0 bridgehead atoms. The van der Waals surface area contributed by atoms with Crippen molar-refractivity contribution < 1.29 is 9.53 Å². The molecule has 0 aromatic carbocycles. The van der Waals surface area contributed by atoms with Gasteiger partial charge in [0.15, 0.2) is 0 Å². The van der Waals surface area contributed by atoms with Crippen LogP contribution in [0.15, 0.2) is 0 Å². The number of ether oxygens (including phenoxy) is 1. The average Bonchev–Trinajstić information content (AvgIpc) is 2.36. The van der Waals surface area contributed by atoms with Crippen LogP contribution in [0.1, 0.15) is 47.0 Å². The Morgan fingerprint density at radius 3 is 2.26 bits per heavy atom. The summed E-state index contributed by atoms with van der Waals surface area (Å²) >= 11 is 0. The van der Waals surface area contributed by atoms with E-state index in [1.807, 2.05) is 13.8 Å². The van der Waals surface area contributed by atoms with Gasteiger partial charge in [0.05, 0.1) is 11.5 Å². The molecule has 0 aromatic rings. The number of nitrogens with one attached hydrogen (secondary N) is 1. The van der Waals surface area contributed by atoms with Crippen molar-refractivity contribution in [2.75, 3.05) is 13.7 Å². The smallest absolute Gasteiger partial charge is 0.227 e. The molecule has 3 N–H and O–H groups in total. The Morgan fingerprint density at radius 1 is 1.42 bits per heavy atom. The first kappa shape index (κ1) is 18.7. The SMILES string of the molecule is CCC(CC)(CN)C(=O)NC1CC(OC)C1(C)C.Cl. The summed E-state index contributed by atoms with van der Waals surface area (Å²) in [5, 5.41) is 3.17. The number of rotatable bonds is 6. The van der Waals surface area contributed by atoms with Gasteiger partial charge in [-0.2, -0.15) is 0 Å². The van der Waals surface area contributed by atoms with Gasteiger partial charge in [0, 0.05) is 25.1 Å². The van der Waals surface area contributed by atoms with Crippen molar-refractivity contribution in [3.8, 4) is 0 Å². The van der Waals surface area contributed by atoms with Gasteiger partial charge < -0.3 is 15.8 Å². The second-order valence-corrected chi connectivity index (χ2v) is 6.00. The topological polar surface area (TPSA) is 64.4 Å². The highest BCUT2D eigenvalue weighted by Crippen LogP contribution is 2.43. The molecule has 114 valence electrons. The minimum Gasteiger partial charge on any atom is -0.381 e. The normalized spacial score (nSPS) is 25.2. The van der Waals surface area contributed by atoms with E-state index in [1.165, 1.54) is 0 Å². The van der Waals surface area contributed by atoms with E-state index in [0.717, 1.165) is 19.3 Å². The largest absolute Gasteiger partial charge is 0.381 e. The fourth-order valence-electron chi connectivity index (χ4n) is 2.79. The van der Waals surface area contributed by atoms with Crippen molar-refractivity contribution in [1.82, 2.24) is 5.32 Å². The number of methoxy groups -OCH3 is 1. The first-order valence-corrected chi connectivity index (χ1v) is 6.91. The lowest BCUT2D eigenvalue weighted by Gasteiger charge is -2.52. The van der Waals surface area contributed by atoms with E-state index in [-0.39, 0.29) is 35.9 Å². The van der Waals surface area contributed by atoms with E-state index in [0.29, 0.717) is 6.54 Å². The second-order valence-electron chi connectivity index (χ2n) is 6.00. The Bertz CT molecular complexity index is 296. The van der Waals surface area contributed by atoms with Crippen molar-refractivity contribution in [2.45, 2.75) is 59.1 Å². The van der Waals surface area contributed by atoms with Gasteiger partial charge >= 0.3 is 0 Å². The molecule has 2 unspecified atom stereocenters. The zero-order chi connectivity index (χ0) is 14.0. The van der Waals surface area contributed by atoms with Crippen LogP contribution in [-0.2, 0) is 9.53 Å². The number of carbonyl (C=O) groups is 1. The Kier molecular flexibility index (Phi) is 6.79. The predicted octanol–water partition coefficient (Wildman–Crippen LogP) is 2.10. The maximum Gasteiger partial charge on any atom is 0.227 e. The summed E-state index contributed by atoms with van der Waals surface area (Å²) in [4.78, 5) is 12.4. The number of carbonyl (C=O) groups excluding carboxylic acids is 1. The third-order valence-electron chi connectivity index (χ3n) is 4.99. The summed E-state index contributed by atoms with van der Waals surface area (Å²) < 4.78 is 5.40. The zero-order valence-electron chi connectivity index (χ0n) is 12.8. The van der Waals surface area contributed by atoms with Crippen LogP contribution in [0.4, 0.5) is 0 Å². The summed E-state index contributed by atoms with van der Waals surface area (Å²) in [6.45, 7) is 8.74. The van der Waals surface area contributed by atoms with Gasteiger partial charge in [0.2, 0.25) is 5.91 Å². The van der Waals surface area contributed by atoms with Crippen LogP contribution < -0.4 is 11.1 Å². The van der Waals surface area contributed by atoms with Crippen molar-refractivity contribution >= 4 is 18.3 Å². The molecule has 4 nitrogen and oxygen atoms in total. The first-order valence-electron chi connectivity index (χ1n) is 6.91. The Hall–Kier alpha value is -0.320. The number of halogens is 1. The van der Waals surface area contributed by atoms with Crippen LogP contribution in [0.5, 0.6) is 0 Å². The second kappa shape index (κ2) is 6.91. The lowest BCUT2D eigenvalue weighted by Crippen LogP contribution is -2.64. The van der Waals surface area contributed by atoms with Crippen LogP contribution in [0.2, 0.25) is 0 Å². The van der Waals surface area contributed by atoms with Crippen LogP contribution >= 0.6 is 12.4 Å². The van der Waals surface area contributed by atoms with Gasteiger partial charge in [-0.05, 0) is 19.3 Å². The molecule has 1 aliphatic rings. The number of hydrogen-bond acceptors (Lipinski definition) is 3. The summed E-state index contributed by atoms with van der Waals surface area (Å²) in [5.41, 5.74) is 5.40. The molecule has 1 saturated carbocycles. The predicted molar refractivity (Wildman–Crippen MR) is 80.4 cm³/mol. The minimum absolute atomic E-state index is 0. The molecule has 5 heteroatoms. The minimum atomic E-state index is -0.408. The zero-order valence-corrected chi connectivity index (χ0v) is 13.6. The molecule has 1 rings (SSSR count). The van der Waals surface area contributed by atoms with Gasteiger partial charge in [-0.3, -0.25) is 4.79 Å². The molecule has 1 aliphatic carbocycles. The van der Waals surface area contributed by atoms with E-state index < -0.39 is 5.41 Å². The number of amides is 1. The van der Waals surface area contributed by atoms with E-state index >= 15 is 0 Å². The van der Waals surface area contributed by atoms with Gasteiger partial charge in [-0.1, -0.05) is 27.7 Å². The molecule has 19 heavy (non-hydrogen) atoms. The summed E-state index contributed by atoms with van der Waals surface area (Å²) in [7, 11) is 1.73. The highest BCUT2D eigenvalue weighted by Gasteiger charge is 2.50. The Labute approximate surface area is 123 Å². The van der Waals surface area contributed by atoms with Crippen molar-refractivity contribution in [2.24, 2.45) is 16.6 Å². The van der Waals surface area contributed by atoms with Crippen LogP contribution in [0, 0.1) is 10.8 Å². The van der Waals surface area contributed by atoms with Gasteiger partial charge in [-0.25, -0.2) is 0 Å². The lowest BCUT2D eigenvalue weighted by molar-refractivity contribution is -0.141. The molecule has 0 aromatic heterocycles. The van der Waals surface area contributed by atoms with E-state index in [2.05, 4.69) is 19.2 Å². The monoisotopic (exact) mass is 292 g/mol. The van der Waals surface area contributed by atoms with E-state index in [9.17, 15) is 4.79 Å². The fourth-order valence-corrected chi connectivity index (χ4v) is 2.79. The molecule has 0 saturated heterocycles. The third kappa shape index (κ3) is 3.23. The Morgan fingerprint density at radius 2 is 1.95 bits per heavy atom. The van der Waals surface area contributed by atoms with Crippen molar-refractivity contribution in [3.63, 3.8) is 0 Å². The standard InChI is InChI=1S/C14H28N2O2.ClH/c1-6-14(7-2,9-15)12(17)16-10-8-11(18-5)13(10,3)4;/h10-11H,6-9,15H2,1-5H3,(H,16,17);1H. The molecular weight excluding hydrogens is 264 g/mol. The quantitative estimate of drug-likeness (QED) is 0.788. The Balaban J connectivity index is 0.00000324. The van der Waals surface area contributed by atoms with E-state index in [4.69, 9.17) is 10.5 Å². The molecule has 0 heterocycles. The molecule has 0 aliphatic heterocycles. The van der Waals surface area contributed by atoms with Crippen LogP contribution in [-0.4, -0.2) is 31.7 Å². The highest BCUT2D eigenvalue weighted by molar-refractivity contribution is 5.85. The molecule has 0 spiro atoms. The highest BCUT2D eigenvalue weighted by atomic mass is 35.5. The average molecular weight is 293 g/mol. The van der Waals surface area contributed by atoms with Crippen molar-refractivity contribution in [3.05, 3.63) is 0 Å². The fraction of sp³-hybridized carbons (Fsp3) is 0.929. The van der Waals surface area contributed by atoms with Crippen molar-refractivity contribution in [1.29, 1.82) is 0 Å². The summed E-state index contributed by atoms with van der Waals surface area (Å²) in [6, 6.07) is 0.193. The molecule has 0 radical (unpaired) electrons. The van der Waals surface area contributed by atoms with Gasteiger partial charge in [0.1, 0.15) is 0 Å². The lowest BCUT2D eigenvalue weighted by atomic mass is 9.64. The van der Waals surface area contributed by atoms with Crippen LogP contribution in [0.25, 0.3) is 0 Å². The van der Waals surface area contributed by atoms with E-state index in [1.54, 1.807) is 7.11 Å². The third-order valence-corrected chi connectivity index (χ3v) is 4.99. The molecule has 2 atom stereocenters. The molecule has 1 fully saturated rings. The van der Waals surface area contributed by atoms with Gasteiger partial charge in [0.25, 0.3) is 0 Å². The first-order chi connectivity index (χ1) is 8.37. The van der Waals surface area contributed by atoms with Crippen LogP contribution in [0.3, 0.4) is 0 Å². The number of hydrogen-bond donors (Lipinski definition) is 2. The van der Waals surface area contributed by atoms with Gasteiger partial charge in [-0.15, -0.1) is 12.4 Å². The molecular formula is C14H29ClN2O2. The maximum atomic E-state index is 12.4. The summed E-state index contributed by atoms with van der Waals surface area (Å²) in [5.74, 6) is 0.0997. The summed E-state index contributed by atoms with van der Waals surface area (Å²) in [6.07, 6.45) is 2.70. The maximum absolute atomic E-state index is 12.4.